The fourth-order valence-electron chi connectivity index (χ4n) is 0.393. The zero-order valence-corrected chi connectivity index (χ0v) is 6.97. The molecule has 0 nitrogen and oxygen atoms in total. The summed E-state index contributed by atoms with van der Waals surface area (Å²) in [4.78, 5) is 0. The second-order valence-corrected chi connectivity index (χ2v) is 1.09. The molecule has 0 saturated carbocycles. The van der Waals surface area contributed by atoms with Crippen LogP contribution < -0.4 is 0 Å². The minimum Gasteiger partial charge on any atom is -0.358 e. The average Bonchev–Trinajstić information content (AvgIpc) is 1.76. The molecule has 0 N–H and O–H groups in total. The van der Waals surface area contributed by atoms with Crippen LogP contribution in [0.4, 0.5) is 0 Å². The topological polar surface area (TPSA) is 0 Å². The first-order valence-electron chi connectivity index (χ1n) is 1.82. The van der Waals surface area contributed by atoms with E-state index in [9.17, 15) is 0 Å². The molecule has 0 aromatic carbocycles. The zero-order chi connectivity index (χ0) is 3.54. The Labute approximate surface area is 64.4 Å². The summed E-state index contributed by atoms with van der Waals surface area (Å²) in [5.41, 5.74) is 0. The van der Waals surface area contributed by atoms with Crippen LogP contribution in [0.3, 0.4) is 0 Å². The van der Waals surface area contributed by atoms with Crippen molar-refractivity contribution in [2.75, 3.05) is 0 Å². The molecule has 0 unspecified atom stereocenters. The van der Waals surface area contributed by atoms with E-state index in [0.29, 0.717) is 0 Å². The maximum atomic E-state index is 2.12. The summed E-state index contributed by atoms with van der Waals surface area (Å²) in [7, 11) is 0. The van der Waals surface area contributed by atoms with Crippen molar-refractivity contribution >= 4 is 0 Å². The Kier molecular flexibility index (Phi) is 9.42. The standard InChI is InChI=1S/C5H6.CH3.Zr/c1-2-4-5-3-1;;/h1-4H,5H2;1H3;/q;-1;. The average molecular weight is 172 g/mol. The summed E-state index contributed by atoms with van der Waals surface area (Å²) in [6.07, 6.45) is 9.50. The maximum Gasteiger partial charge on any atom is 0 e. The molecule has 0 radical (unpaired) electrons. The minimum atomic E-state index is 0. The van der Waals surface area contributed by atoms with Crippen LogP contribution in [0, 0.1) is 7.43 Å². The third-order valence-electron chi connectivity index (χ3n) is 0.655. The van der Waals surface area contributed by atoms with Crippen LogP contribution in [-0.2, 0) is 26.2 Å². The molecule has 0 aromatic rings. The molecule has 0 heterocycles. The molecule has 0 bridgehead atoms. The summed E-state index contributed by atoms with van der Waals surface area (Å²) in [6, 6.07) is 0. The van der Waals surface area contributed by atoms with Gasteiger partial charge in [0.25, 0.3) is 0 Å². The van der Waals surface area contributed by atoms with Crippen LogP contribution in [-0.4, -0.2) is 0 Å². The molecule has 38 valence electrons. The van der Waals surface area contributed by atoms with Gasteiger partial charge in [-0.3, -0.25) is 0 Å². The SMILES string of the molecule is C1=CCC=C1.[CH3-].[Zr]. The van der Waals surface area contributed by atoms with Gasteiger partial charge in [-0.05, 0) is 6.42 Å². The Hall–Kier alpha value is 0.363. The molecule has 0 amide bonds. The van der Waals surface area contributed by atoms with Crippen molar-refractivity contribution in [1.29, 1.82) is 0 Å². The second kappa shape index (κ2) is 6.36. The van der Waals surface area contributed by atoms with E-state index in [4.69, 9.17) is 0 Å². The van der Waals surface area contributed by atoms with Crippen molar-refractivity contribution in [2.45, 2.75) is 6.42 Å². The smallest absolute Gasteiger partial charge is 0 e. The molecule has 0 aromatic heterocycles. The predicted molar refractivity (Wildman–Crippen MR) is 29.3 cm³/mol. The van der Waals surface area contributed by atoms with Crippen molar-refractivity contribution in [3.05, 3.63) is 31.7 Å². The van der Waals surface area contributed by atoms with Gasteiger partial charge in [0.2, 0.25) is 0 Å². The molecule has 0 spiro atoms. The van der Waals surface area contributed by atoms with Gasteiger partial charge in [-0.25, -0.2) is 0 Å². The van der Waals surface area contributed by atoms with E-state index in [2.05, 4.69) is 24.3 Å². The fourth-order valence-corrected chi connectivity index (χ4v) is 0.393. The van der Waals surface area contributed by atoms with Gasteiger partial charge in [-0.2, -0.15) is 0 Å². The molecular weight excluding hydrogens is 163 g/mol. The third kappa shape index (κ3) is 4.21. The molecule has 7 heavy (non-hydrogen) atoms. The van der Waals surface area contributed by atoms with Gasteiger partial charge in [0.05, 0.1) is 0 Å². The van der Waals surface area contributed by atoms with E-state index >= 15 is 0 Å². The molecule has 1 heteroatoms. The van der Waals surface area contributed by atoms with Crippen molar-refractivity contribution in [3.8, 4) is 0 Å². The zero-order valence-electron chi connectivity index (χ0n) is 4.52. The number of rotatable bonds is 0. The van der Waals surface area contributed by atoms with Crippen molar-refractivity contribution in [1.82, 2.24) is 0 Å². The van der Waals surface area contributed by atoms with Crippen LogP contribution in [0.5, 0.6) is 0 Å². The van der Waals surface area contributed by atoms with Crippen LogP contribution in [0.1, 0.15) is 6.42 Å². The molecule has 0 atom stereocenters. The van der Waals surface area contributed by atoms with Crippen LogP contribution in [0.15, 0.2) is 24.3 Å². The molecule has 0 saturated heterocycles. The largest absolute Gasteiger partial charge is 0.358 e. The summed E-state index contributed by atoms with van der Waals surface area (Å²) >= 11 is 0. The van der Waals surface area contributed by atoms with Gasteiger partial charge in [-0.15, -0.1) is 0 Å². The van der Waals surface area contributed by atoms with Gasteiger partial charge < -0.3 is 7.43 Å². The Bertz CT molecular complexity index is 62.2. The van der Waals surface area contributed by atoms with Gasteiger partial charge in [0.1, 0.15) is 0 Å². The second-order valence-electron chi connectivity index (χ2n) is 1.09. The molecule has 0 fully saturated rings. The molecular formula is C6H9Zr-. The van der Waals surface area contributed by atoms with Crippen molar-refractivity contribution in [2.24, 2.45) is 0 Å². The first-order valence-corrected chi connectivity index (χ1v) is 1.82. The van der Waals surface area contributed by atoms with Crippen molar-refractivity contribution in [3.63, 3.8) is 0 Å². The number of allylic oxidation sites excluding steroid dienone is 4. The Morgan fingerprint density at radius 1 is 1.00 bits per heavy atom. The molecule has 1 rings (SSSR count). The first-order chi connectivity index (χ1) is 2.50. The van der Waals surface area contributed by atoms with Crippen LogP contribution >= 0.6 is 0 Å². The van der Waals surface area contributed by atoms with E-state index in [1.54, 1.807) is 0 Å². The van der Waals surface area contributed by atoms with E-state index in [-0.39, 0.29) is 33.6 Å². The molecule has 1 aliphatic carbocycles. The van der Waals surface area contributed by atoms with Gasteiger partial charge in [0.15, 0.2) is 0 Å². The number of hydrogen-bond acceptors (Lipinski definition) is 0. The van der Waals surface area contributed by atoms with Crippen LogP contribution in [0.25, 0.3) is 0 Å². The Morgan fingerprint density at radius 3 is 1.57 bits per heavy atom. The quantitative estimate of drug-likeness (QED) is 0.490. The minimum absolute atomic E-state index is 0. The third-order valence-corrected chi connectivity index (χ3v) is 0.655. The summed E-state index contributed by atoms with van der Waals surface area (Å²) in [5.74, 6) is 0. The summed E-state index contributed by atoms with van der Waals surface area (Å²) in [5, 5.41) is 0. The van der Waals surface area contributed by atoms with E-state index in [1.807, 2.05) is 0 Å². The van der Waals surface area contributed by atoms with E-state index in [0.717, 1.165) is 6.42 Å². The monoisotopic (exact) mass is 171 g/mol. The number of hydrogen-bond donors (Lipinski definition) is 0. The van der Waals surface area contributed by atoms with Gasteiger partial charge in [-0.1, -0.05) is 24.3 Å². The Morgan fingerprint density at radius 2 is 1.43 bits per heavy atom. The molecule has 1 aliphatic rings. The van der Waals surface area contributed by atoms with E-state index < -0.39 is 0 Å². The normalized spacial score (nSPS) is 12.6. The van der Waals surface area contributed by atoms with Crippen molar-refractivity contribution < 1.29 is 26.2 Å². The maximum absolute atomic E-state index is 2.12. The fraction of sp³-hybridized carbons (Fsp3) is 0.167. The summed E-state index contributed by atoms with van der Waals surface area (Å²) < 4.78 is 0. The van der Waals surface area contributed by atoms with Gasteiger partial charge in [0, 0.05) is 26.2 Å². The Balaban J connectivity index is 0. The predicted octanol–water partition coefficient (Wildman–Crippen LogP) is 1.95. The van der Waals surface area contributed by atoms with Gasteiger partial charge >= 0.3 is 0 Å². The first kappa shape index (κ1) is 10.4. The van der Waals surface area contributed by atoms with Crippen LogP contribution in [0.2, 0.25) is 0 Å². The molecule has 0 aliphatic heterocycles. The van der Waals surface area contributed by atoms with E-state index in [1.165, 1.54) is 0 Å². The summed E-state index contributed by atoms with van der Waals surface area (Å²) in [6.45, 7) is 0.